The smallest absolute Gasteiger partial charge is 0.275 e. The third-order valence-electron chi connectivity index (χ3n) is 4.03. The molecule has 4 aromatic rings. The highest BCUT2D eigenvalue weighted by molar-refractivity contribution is 5.83. The molecule has 0 atom stereocenters. The van der Waals surface area contributed by atoms with Gasteiger partial charge in [0.25, 0.3) is 5.56 Å². The van der Waals surface area contributed by atoms with Gasteiger partial charge in [-0.15, -0.1) is 0 Å². The highest BCUT2D eigenvalue weighted by Crippen LogP contribution is 2.31. The van der Waals surface area contributed by atoms with Gasteiger partial charge in [0.05, 0.1) is 12.1 Å². The Kier molecular flexibility index (Phi) is 3.03. The van der Waals surface area contributed by atoms with Gasteiger partial charge in [-0.05, 0) is 18.1 Å². The summed E-state index contributed by atoms with van der Waals surface area (Å²) < 4.78 is 7.21. The van der Waals surface area contributed by atoms with Crippen LogP contribution in [-0.2, 0) is 0 Å². The minimum absolute atomic E-state index is 0.0372. The highest BCUT2D eigenvalue weighted by atomic mass is 16.3. The van der Waals surface area contributed by atoms with Crippen LogP contribution in [0.5, 0.6) is 0 Å². The first kappa shape index (κ1) is 14.3. The minimum atomic E-state index is -0.208. The highest BCUT2D eigenvalue weighted by Gasteiger charge is 2.22. The Hall–Kier alpha value is -3.33. The van der Waals surface area contributed by atoms with E-state index in [0.717, 1.165) is 11.0 Å². The van der Waals surface area contributed by atoms with E-state index in [2.05, 4.69) is 14.9 Å². The molecular formula is C18H14N4O2. The molecule has 0 aliphatic heterocycles. The van der Waals surface area contributed by atoms with Crippen LogP contribution in [0.1, 0.15) is 25.3 Å². The van der Waals surface area contributed by atoms with Crippen molar-refractivity contribution < 1.29 is 4.42 Å². The largest absolute Gasteiger partial charge is 0.454 e. The lowest BCUT2D eigenvalue weighted by atomic mass is 10.0. The topological polar surface area (TPSA) is 67.7 Å². The second-order valence-corrected chi connectivity index (χ2v) is 5.91. The number of rotatable bonds is 2. The van der Waals surface area contributed by atoms with Crippen molar-refractivity contribution in [1.29, 1.82) is 0 Å². The molecule has 3 heterocycles. The summed E-state index contributed by atoms with van der Waals surface area (Å²) in [6, 6.07) is 9.53. The zero-order chi connectivity index (χ0) is 16.8. The third-order valence-corrected chi connectivity index (χ3v) is 4.03. The molecule has 0 unspecified atom stereocenters. The minimum Gasteiger partial charge on any atom is -0.454 e. The van der Waals surface area contributed by atoms with Crippen LogP contribution >= 0.6 is 0 Å². The quantitative estimate of drug-likeness (QED) is 0.566. The van der Waals surface area contributed by atoms with Crippen LogP contribution < -0.4 is 5.56 Å². The fraction of sp³-hybridized carbons (Fsp3) is 0.167. The molecule has 0 amide bonds. The standard InChI is InChI=1S/C18H14N4O2/c1-10(2)15-16(14-8-11-6-4-5-7-13(11)24-14)21-17-12(19-3)9-20-22(17)18(15)23/h4-10,20H,1-2H3. The molecule has 24 heavy (non-hydrogen) atoms. The van der Waals surface area contributed by atoms with E-state index < -0.39 is 0 Å². The Labute approximate surface area is 137 Å². The fourth-order valence-electron chi connectivity index (χ4n) is 2.90. The van der Waals surface area contributed by atoms with Crippen molar-refractivity contribution in [3.05, 3.63) is 63.9 Å². The first-order valence-electron chi connectivity index (χ1n) is 7.60. The summed E-state index contributed by atoms with van der Waals surface area (Å²) in [5, 5.41) is 3.75. The van der Waals surface area contributed by atoms with Gasteiger partial charge >= 0.3 is 0 Å². The first-order valence-corrected chi connectivity index (χ1v) is 7.60. The van der Waals surface area contributed by atoms with Crippen molar-refractivity contribution >= 4 is 22.3 Å². The Morgan fingerprint density at radius 2 is 2.12 bits per heavy atom. The lowest BCUT2D eigenvalue weighted by molar-refractivity contribution is 0.625. The molecule has 6 heteroatoms. The monoisotopic (exact) mass is 318 g/mol. The van der Waals surface area contributed by atoms with Crippen LogP contribution in [0.15, 0.2) is 45.7 Å². The van der Waals surface area contributed by atoms with Crippen LogP contribution in [0.25, 0.3) is 32.9 Å². The van der Waals surface area contributed by atoms with E-state index >= 15 is 0 Å². The number of para-hydroxylation sites is 1. The SMILES string of the molecule is [C-]#[N+]c1c[nH]n2c(=O)c(C(C)C)c(-c3cc4ccccc4o3)nc12. The molecule has 0 aliphatic carbocycles. The Bertz CT molecular complexity index is 1140. The van der Waals surface area contributed by atoms with Crippen LogP contribution in [-0.4, -0.2) is 14.6 Å². The maximum absolute atomic E-state index is 12.9. The van der Waals surface area contributed by atoms with E-state index in [1.807, 2.05) is 44.2 Å². The molecule has 4 rings (SSSR count). The van der Waals surface area contributed by atoms with Crippen LogP contribution in [0.4, 0.5) is 5.69 Å². The van der Waals surface area contributed by atoms with E-state index in [0.29, 0.717) is 28.4 Å². The maximum atomic E-state index is 12.9. The van der Waals surface area contributed by atoms with Crippen molar-refractivity contribution in [2.24, 2.45) is 0 Å². The molecule has 0 radical (unpaired) electrons. The molecule has 118 valence electrons. The van der Waals surface area contributed by atoms with Gasteiger partial charge in [0, 0.05) is 11.6 Å². The predicted octanol–water partition coefficient (Wildman–Crippen LogP) is 4.11. The number of hydrogen-bond donors (Lipinski definition) is 1. The average molecular weight is 318 g/mol. The van der Waals surface area contributed by atoms with Crippen LogP contribution in [0.2, 0.25) is 0 Å². The lowest BCUT2D eigenvalue weighted by Gasteiger charge is -2.10. The van der Waals surface area contributed by atoms with Gasteiger partial charge < -0.3 is 9.52 Å². The molecule has 1 aromatic carbocycles. The van der Waals surface area contributed by atoms with Gasteiger partial charge in [-0.25, -0.2) is 14.3 Å². The van der Waals surface area contributed by atoms with Gasteiger partial charge in [-0.1, -0.05) is 32.0 Å². The second-order valence-electron chi connectivity index (χ2n) is 5.91. The van der Waals surface area contributed by atoms with Gasteiger partial charge in [0.1, 0.15) is 11.3 Å². The lowest BCUT2D eigenvalue weighted by Crippen LogP contribution is -2.22. The molecular weight excluding hydrogens is 304 g/mol. The maximum Gasteiger partial charge on any atom is 0.275 e. The summed E-state index contributed by atoms with van der Waals surface area (Å²) in [6.45, 7) is 11.1. The molecule has 0 bridgehead atoms. The number of fused-ring (bicyclic) bond motifs is 2. The molecule has 0 saturated carbocycles. The summed E-state index contributed by atoms with van der Waals surface area (Å²) in [5.74, 6) is 0.501. The molecule has 0 saturated heterocycles. The molecule has 0 aliphatic rings. The number of nitrogens with one attached hydrogen (secondary N) is 1. The number of H-pyrrole nitrogens is 1. The molecule has 0 fully saturated rings. The number of furan rings is 1. The summed E-state index contributed by atoms with van der Waals surface area (Å²) in [7, 11) is 0. The Morgan fingerprint density at radius 1 is 1.33 bits per heavy atom. The zero-order valence-corrected chi connectivity index (χ0v) is 13.2. The molecule has 0 spiro atoms. The van der Waals surface area contributed by atoms with Crippen LogP contribution in [0.3, 0.4) is 0 Å². The number of hydrogen-bond acceptors (Lipinski definition) is 3. The van der Waals surface area contributed by atoms with E-state index in [1.54, 1.807) is 0 Å². The van der Waals surface area contributed by atoms with Crippen molar-refractivity contribution in [2.75, 3.05) is 0 Å². The summed E-state index contributed by atoms with van der Waals surface area (Å²) in [4.78, 5) is 20.9. The Balaban J connectivity index is 2.11. The first-order chi connectivity index (χ1) is 11.6. The van der Waals surface area contributed by atoms with Crippen LogP contribution in [0, 0.1) is 6.57 Å². The third kappa shape index (κ3) is 1.95. The van der Waals surface area contributed by atoms with Crippen molar-refractivity contribution in [1.82, 2.24) is 14.6 Å². The van der Waals surface area contributed by atoms with E-state index in [4.69, 9.17) is 11.0 Å². The van der Waals surface area contributed by atoms with Crippen molar-refractivity contribution in [2.45, 2.75) is 19.8 Å². The number of nitrogens with zero attached hydrogens (tertiary/aromatic N) is 3. The van der Waals surface area contributed by atoms with Crippen molar-refractivity contribution in [3.8, 4) is 11.5 Å². The van der Waals surface area contributed by atoms with Gasteiger partial charge in [0.2, 0.25) is 5.69 Å². The van der Waals surface area contributed by atoms with Crippen molar-refractivity contribution in [3.63, 3.8) is 0 Å². The van der Waals surface area contributed by atoms with E-state index in [1.165, 1.54) is 10.7 Å². The average Bonchev–Trinajstić information content (AvgIpc) is 3.17. The van der Waals surface area contributed by atoms with E-state index in [9.17, 15) is 4.79 Å². The summed E-state index contributed by atoms with van der Waals surface area (Å²) >= 11 is 0. The molecule has 6 nitrogen and oxygen atoms in total. The normalized spacial score (nSPS) is 11.4. The van der Waals surface area contributed by atoms with Gasteiger partial charge in [0.15, 0.2) is 11.4 Å². The Morgan fingerprint density at radius 3 is 2.83 bits per heavy atom. The van der Waals surface area contributed by atoms with E-state index in [-0.39, 0.29) is 11.5 Å². The predicted molar refractivity (Wildman–Crippen MR) is 91.4 cm³/mol. The molecule has 1 N–H and O–H groups in total. The number of aromatic nitrogens is 3. The fourth-order valence-corrected chi connectivity index (χ4v) is 2.90. The molecule has 3 aromatic heterocycles. The number of benzene rings is 1. The number of aromatic amines is 1. The zero-order valence-electron chi connectivity index (χ0n) is 13.2. The summed E-state index contributed by atoms with van der Waals surface area (Å²) in [6.07, 6.45) is 1.49. The summed E-state index contributed by atoms with van der Waals surface area (Å²) in [5.41, 5.74) is 2.21. The second kappa shape index (κ2) is 5.10. The van der Waals surface area contributed by atoms with Gasteiger partial charge in [-0.2, -0.15) is 0 Å². The van der Waals surface area contributed by atoms with Gasteiger partial charge in [-0.3, -0.25) is 4.79 Å².